The molecule has 0 aliphatic heterocycles. The molecule has 0 saturated heterocycles. The average Bonchev–Trinajstić information content (AvgIpc) is 2.62. The molecule has 3 nitrogen and oxygen atoms in total. The predicted molar refractivity (Wildman–Crippen MR) is 67.3 cm³/mol. The molecule has 1 saturated carbocycles. The summed E-state index contributed by atoms with van der Waals surface area (Å²) >= 11 is 0. The van der Waals surface area contributed by atoms with Crippen molar-refractivity contribution in [2.24, 2.45) is 5.92 Å². The van der Waals surface area contributed by atoms with Gasteiger partial charge in [0.15, 0.2) is 0 Å². The maximum atomic E-state index is 11.5. The van der Waals surface area contributed by atoms with Gasteiger partial charge in [-0.1, -0.05) is 12.8 Å². The molecule has 1 amide bonds. The number of amides is 1. The van der Waals surface area contributed by atoms with Gasteiger partial charge in [-0.05, 0) is 46.1 Å². The van der Waals surface area contributed by atoms with Gasteiger partial charge in [0.1, 0.15) is 0 Å². The van der Waals surface area contributed by atoms with Crippen LogP contribution in [0.1, 0.15) is 52.9 Å². The van der Waals surface area contributed by atoms with Crippen molar-refractivity contribution in [2.75, 3.05) is 13.1 Å². The summed E-state index contributed by atoms with van der Waals surface area (Å²) in [5, 5.41) is 6.35. The Bertz CT molecular complexity index is 214. The van der Waals surface area contributed by atoms with E-state index in [0.717, 1.165) is 19.0 Å². The lowest BCUT2D eigenvalue weighted by Crippen LogP contribution is -2.41. The molecule has 94 valence electrons. The van der Waals surface area contributed by atoms with E-state index in [-0.39, 0.29) is 11.4 Å². The normalized spacial score (nSPS) is 17.7. The Hall–Kier alpha value is -0.570. The van der Waals surface area contributed by atoms with Gasteiger partial charge in [0.25, 0.3) is 0 Å². The van der Waals surface area contributed by atoms with Gasteiger partial charge in [0, 0.05) is 18.5 Å². The zero-order chi connectivity index (χ0) is 12.0. The molecule has 1 fully saturated rings. The largest absolute Gasteiger partial charge is 0.351 e. The van der Waals surface area contributed by atoms with Gasteiger partial charge in [-0.3, -0.25) is 4.79 Å². The minimum Gasteiger partial charge on any atom is -0.351 e. The fourth-order valence-corrected chi connectivity index (χ4v) is 2.20. The molecule has 0 aromatic heterocycles. The van der Waals surface area contributed by atoms with Crippen molar-refractivity contribution in [3.05, 3.63) is 0 Å². The lowest BCUT2D eigenvalue weighted by atomic mass is 10.1. The smallest absolute Gasteiger partial charge is 0.221 e. The molecule has 0 aromatic rings. The van der Waals surface area contributed by atoms with Gasteiger partial charge >= 0.3 is 0 Å². The lowest BCUT2D eigenvalue weighted by molar-refractivity contribution is -0.122. The van der Waals surface area contributed by atoms with E-state index in [2.05, 4.69) is 10.6 Å². The van der Waals surface area contributed by atoms with Gasteiger partial charge in [-0.25, -0.2) is 0 Å². The van der Waals surface area contributed by atoms with Crippen molar-refractivity contribution in [3.8, 4) is 0 Å². The fourth-order valence-electron chi connectivity index (χ4n) is 2.20. The van der Waals surface area contributed by atoms with Crippen LogP contribution in [0.5, 0.6) is 0 Å². The number of hydrogen-bond acceptors (Lipinski definition) is 2. The van der Waals surface area contributed by atoms with Crippen LogP contribution in [0.15, 0.2) is 0 Å². The van der Waals surface area contributed by atoms with Crippen molar-refractivity contribution >= 4 is 5.91 Å². The first-order valence-corrected chi connectivity index (χ1v) is 6.49. The van der Waals surface area contributed by atoms with Crippen LogP contribution in [0, 0.1) is 5.92 Å². The molecular formula is C13H26N2O. The molecule has 2 N–H and O–H groups in total. The van der Waals surface area contributed by atoms with Gasteiger partial charge in [0.2, 0.25) is 5.91 Å². The summed E-state index contributed by atoms with van der Waals surface area (Å²) in [5.74, 6) is 0.997. The second-order valence-electron chi connectivity index (χ2n) is 5.90. The van der Waals surface area contributed by atoms with E-state index >= 15 is 0 Å². The standard InChI is InChI=1S/C13H26N2O/c1-13(2,3)15-12(16)8-9-14-10-11-6-4-5-7-11/h11,14H,4-10H2,1-3H3,(H,15,16). The zero-order valence-corrected chi connectivity index (χ0v) is 10.9. The molecular weight excluding hydrogens is 200 g/mol. The third-order valence-electron chi connectivity index (χ3n) is 2.95. The van der Waals surface area contributed by atoms with E-state index in [4.69, 9.17) is 0 Å². The van der Waals surface area contributed by atoms with E-state index < -0.39 is 0 Å². The highest BCUT2D eigenvalue weighted by Crippen LogP contribution is 2.23. The van der Waals surface area contributed by atoms with Gasteiger partial charge < -0.3 is 10.6 Å². The zero-order valence-electron chi connectivity index (χ0n) is 10.9. The minimum atomic E-state index is -0.109. The van der Waals surface area contributed by atoms with Crippen LogP contribution in [-0.4, -0.2) is 24.5 Å². The van der Waals surface area contributed by atoms with Crippen LogP contribution in [0.2, 0.25) is 0 Å². The summed E-state index contributed by atoms with van der Waals surface area (Å²) in [6, 6.07) is 0. The van der Waals surface area contributed by atoms with Crippen molar-refractivity contribution in [1.29, 1.82) is 0 Å². The molecule has 0 unspecified atom stereocenters. The molecule has 0 bridgehead atoms. The molecule has 0 heterocycles. The highest BCUT2D eigenvalue weighted by atomic mass is 16.1. The Balaban J connectivity index is 2.00. The highest BCUT2D eigenvalue weighted by molar-refractivity contribution is 5.76. The molecule has 0 radical (unpaired) electrons. The van der Waals surface area contributed by atoms with Gasteiger partial charge in [-0.15, -0.1) is 0 Å². The molecule has 0 aromatic carbocycles. The Labute approximate surface area is 99.4 Å². The first-order chi connectivity index (χ1) is 7.47. The van der Waals surface area contributed by atoms with Crippen LogP contribution < -0.4 is 10.6 Å². The quantitative estimate of drug-likeness (QED) is 0.705. The van der Waals surface area contributed by atoms with Crippen LogP contribution in [-0.2, 0) is 4.79 Å². The maximum absolute atomic E-state index is 11.5. The number of rotatable bonds is 5. The van der Waals surface area contributed by atoms with Crippen LogP contribution in [0.25, 0.3) is 0 Å². The van der Waals surface area contributed by atoms with E-state index in [0.29, 0.717) is 6.42 Å². The molecule has 16 heavy (non-hydrogen) atoms. The second-order valence-corrected chi connectivity index (χ2v) is 5.90. The Morgan fingerprint density at radius 2 is 1.88 bits per heavy atom. The number of carbonyl (C=O) groups excluding carboxylic acids is 1. The molecule has 1 rings (SSSR count). The molecule has 1 aliphatic carbocycles. The van der Waals surface area contributed by atoms with Crippen molar-refractivity contribution in [2.45, 2.75) is 58.4 Å². The Kier molecular flexibility index (Phi) is 5.26. The topological polar surface area (TPSA) is 41.1 Å². The number of nitrogens with one attached hydrogen (secondary N) is 2. The van der Waals surface area contributed by atoms with Crippen molar-refractivity contribution in [1.82, 2.24) is 10.6 Å². The highest BCUT2D eigenvalue weighted by Gasteiger charge is 2.15. The molecule has 1 aliphatic rings. The predicted octanol–water partition coefficient (Wildman–Crippen LogP) is 2.07. The first-order valence-electron chi connectivity index (χ1n) is 6.49. The first kappa shape index (κ1) is 13.5. The van der Waals surface area contributed by atoms with Crippen LogP contribution in [0.3, 0.4) is 0 Å². The summed E-state index contributed by atoms with van der Waals surface area (Å²) in [6.07, 6.45) is 6.08. The average molecular weight is 226 g/mol. The summed E-state index contributed by atoms with van der Waals surface area (Å²) in [6.45, 7) is 7.92. The number of carbonyl (C=O) groups is 1. The minimum absolute atomic E-state index is 0.109. The third kappa shape index (κ3) is 6.11. The lowest BCUT2D eigenvalue weighted by Gasteiger charge is -2.20. The van der Waals surface area contributed by atoms with E-state index in [1.807, 2.05) is 20.8 Å². The summed E-state index contributed by atoms with van der Waals surface area (Å²) in [4.78, 5) is 11.5. The van der Waals surface area contributed by atoms with Crippen LogP contribution >= 0.6 is 0 Å². The molecule has 0 spiro atoms. The second kappa shape index (κ2) is 6.24. The maximum Gasteiger partial charge on any atom is 0.221 e. The summed E-state index contributed by atoms with van der Waals surface area (Å²) in [7, 11) is 0. The van der Waals surface area contributed by atoms with Gasteiger partial charge in [-0.2, -0.15) is 0 Å². The van der Waals surface area contributed by atoms with E-state index in [1.54, 1.807) is 0 Å². The van der Waals surface area contributed by atoms with E-state index in [9.17, 15) is 4.79 Å². The molecule has 3 heteroatoms. The Morgan fingerprint density at radius 3 is 2.44 bits per heavy atom. The van der Waals surface area contributed by atoms with E-state index in [1.165, 1.54) is 25.7 Å². The molecule has 0 atom stereocenters. The summed E-state index contributed by atoms with van der Waals surface area (Å²) < 4.78 is 0. The number of hydrogen-bond donors (Lipinski definition) is 2. The van der Waals surface area contributed by atoms with Crippen molar-refractivity contribution < 1.29 is 4.79 Å². The van der Waals surface area contributed by atoms with Crippen molar-refractivity contribution in [3.63, 3.8) is 0 Å². The Morgan fingerprint density at radius 1 is 1.25 bits per heavy atom. The van der Waals surface area contributed by atoms with Gasteiger partial charge in [0.05, 0.1) is 0 Å². The SMILES string of the molecule is CC(C)(C)NC(=O)CCNCC1CCCC1. The van der Waals surface area contributed by atoms with Crippen LogP contribution in [0.4, 0.5) is 0 Å². The summed E-state index contributed by atoms with van der Waals surface area (Å²) in [5.41, 5.74) is -0.109. The fraction of sp³-hybridized carbons (Fsp3) is 0.923. The third-order valence-corrected chi connectivity index (χ3v) is 2.95. The monoisotopic (exact) mass is 226 g/mol.